The van der Waals surface area contributed by atoms with Gasteiger partial charge in [-0.25, -0.2) is 4.79 Å². The number of carbonyl (C=O) groups excluding carboxylic acids is 2. The number of urea groups is 1. The molecule has 1 fully saturated rings. The average molecular weight is 199 g/mol. The third kappa shape index (κ3) is 3.24. The summed E-state index contributed by atoms with van der Waals surface area (Å²) in [5.74, 6) is -0.109. The molecule has 0 aliphatic heterocycles. The molecule has 1 saturated carbocycles. The number of hydrogen-bond acceptors (Lipinski definition) is 2. The van der Waals surface area contributed by atoms with Gasteiger partial charge in [0, 0.05) is 20.1 Å². The lowest BCUT2D eigenvalue weighted by atomic mass is 10.3. The number of carbonyl (C=O) groups is 2. The lowest BCUT2D eigenvalue weighted by Crippen LogP contribution is -2.48. The molecule has 14 heavy (non-hydrogen) atoms. The van der Waals surface area contributed by atoms with Crippen LogP contribution in [0, 0.1) is 0 Å². The highest BCUT2D eigenvalue weighted by atomic mass is 16.2. The highest BCUT2D eigenvalue weighted by Gasteiger charge is 2.26. The highest BCUT2D eigenvalue weighted by molar-refractivity contribution is 5.86. The van der Waals surface area contributed by atoms with E-state index in [-0.39, 0.29) is 11.9 Å². The molecule has 5 heteroatoms. The minimum Gasteiger partial charge on any atom is -0.352 e. The van der Waals surface area contributed by atoms with E-state index in [0.717, 1.165) is 12.8 Å². The molecule has 2 N–H and O–H groups in total. The van der Waals surface area contributed by atoms with Crippen molar-refractivity contribution in [2.24, 2.45) is 0 Å². The Morgan fingerprint density at radius 3 is 2.36 bits per heavy atom. The minimum atomic E-state index is -0.467. The van der Waals surface area contributed by atoms with E-state index in [0.29, 0.717) is 6.04 Å². The van der Waals surface area contributed by atoms with Gasteiger partial charge in [-0.05, 0) is 19.8 Å². The molecule has 0 heterocycles. The Morgan fingerprint density at radius 1 is 1.36 bits per heavy atom. The molecule has 1 aliphatic rings. The zero-order valence-electron chi connectivity index (χ0n) is 8.83. The molecule has 1 aliphatic carbocycles. The van der Waals surface area contributed by atoms with E-state index in [4.69, 9.17) is 0 Å². The summed E-state index contributed by atoms with van der Waals surface area (Å²) in [7, 11) is 3.28. The number of hydrogen-bond donors (Lipinski definition) is 2. The van der Waals surface area contributed by atoms with Crippen molar-refractivity contribution in [3.05, 3.63) is 0 Å². The van der Waals surface area contributed by atoms with Crippen molar-refractivity contribution < 1.29 is 9.59 Å². The van der Waals surface area contributed by atoms with Crippen LogP contribution in [0.25, 0.3) is 0 Å². The van der Waals surface area contributed by atoms with Crippen LogP contribution < -0.4 is 10.6 Å². The molecule has 0 aromatic rings. The van der Waals surface area contributed by atoms with E-state index < -0.39 is 6.04 Å². The van der Waals surface area contributed by atoms with Gasteiger partial charge in [0.1, 0.15) is 6.04 Å². The predicted octanol–water partition coefficient (Wildman–Crippen LogP) is -0.0753. The molecule has 0 bridgehead atoms. The van der Waals surface area contributed by atoms with Crippen molar-refractivity contribution in [3.63, 3.8) is 0 Å². The second kappa shape index (κ2) is 4.30. The van der Waals surface area contributed by atoms with Crippen molar-refractivity contribution in [2.45, 2.75) is 31.8 Å². The van der Waals surface area contributed by atoms with E-state index >= 15 is 0 Å². The SMILES string of the molecule is CC(NC(=O)N(C)C)C(=O)NC1CC1. The van der Waals surface area contributed by atoms with Crippen molar-refractivity contribution in [1.82, 2.24) is 15.5 Å². The summed E-state index contributed by atoms with van der Waals surface area (Å²) < 4.78 is 0. The summed E-state index contributed by atoms with van der Waals surface area (Å²) >= 11 is 0. The molecule has 0 radical (unpaired) electrons. The van der Waals surface area contributed by atoms with Crippen molar-refractivity contribution >= 4 is 11.9 Å². The summed E-state index contributed by atoms with van der Waals surface area (Å²) in [4.78, 5) is 24.0. The molecule has 0 saturated heterocycles. The zero-order valence-corrected chi connectivity index (χ0v) is 8.83. The van der Waals surface area contributed by atoms with E-state index in [2.05, 4.69) is 10.6 Å². The molecule has 1 rings (SSSR count). The normalized spacial score (nSPS) is 17.1. The molecular formula is C9H17N3O2. The van der Waals surface area contributed by atoms with Crippen molar-refractivity contribution in [3.8, 4) is 0 Å². The first-order valence-corrected chi connectivity index (χ1v) is 4.79. The van der Waals surface area contributed by atoms with Gasteiger partial charge in [-0.1, -0.05) is 0 Å². The third-order valence-electron chi connectivity index (χ3n) is 2.06. The zero-order chi connectivity index (χ0) is 10.7. The fourth-order valence-electron chi connectivity index (χ4n) is 0.934. The Bertz CT molecular complexity index is 236. The predicted molar refractivity (Wildman–Crippen MR) is 52.8 cm³/mol. The third-order valence-corrected chi connectivity index (χ3v) is 2.06. The Labute approximate surface area is 83.8 Å². The fourth-order valence-corrected chi connectivity index (χ4v) is 0.934. The lowest BCUT2D eigenvalue weighted by molar-refractivity contribution is -0.122. The Morgan fingerprint density at radius 2 is 1.93 bits per heavy atom. The molecule has 80 valence electrons. The molecule has 0 aromatic carbocycles. The average Bonchev–Trinajstić information content (AvgIpc) is 2.87. The van der Waals surface area contributed by atoms with Gasteiger partial charge in [0.25, 0.3) is 0 Å². The van der Waals surface area contributed by atoms with Crippen molar-refractivity contribution in [1.29, 1.82) is 0 Å². The van der Waals surface area contributed by atoms with Gasteiger partial charge in [0.2, 0.25) is 5.91 Å². The van der Waals surface area contributed by atoms with Crippen molar-refractivity contribution in [2.75, 3.05) is 14.1 Å². The second-order valence-electron chi connectivity index (χ2n) is 3.85. The van der Waals surface area contributed by atoms with Crippen LogP contribution in [0.5, 0.6) is 0 Å². The summed E-state index contributed by atoms with van der Waals surface area (Å²) in [6.07, 6.45) is 2.11. The maximum absolute atomic E-state index is 11.4. The second-order valence-corrected chi connectivity index (χ2v) is 3.85. The van der Waals surface area contributed by atoms with Crippen LogP contribution in [0.2, 0.25) is 0 Å². The Hall–Kier alpha value is -1.26. The molecule has 5 nitrogen and oxygen atoms in total. The summed E-state index contributed by atoms with van der Waals surface area (Å²) in [5.41, 5.74) is 0. The maximum atomic E-state index is 11.4. The first-order valence-electron chi connectivity index (χ1n) is 4.79. The molecule has 3 amide bonds. The van der Waals surface area contributed by atoms with Crippen LogP contribution >= 0.6 is 0 Å². The number of nitrogens with one attached hydrogen (secondary N) is 2. The fraction of sp³-hybridized carbons (Fsp3) is 0.778. The molecule has 1 unspecified atom stereocenters. The van der Waals surface area contributed by atoms with Crippen LogP contribution in [0.1, 0.15) is 19.8 Å². The standard InChI is InChI=1S/C9H17N3O2/c1-6(10-9(14)12(2)3)8(13)11-7-4-5-7/h6-7H,4-5H2,1-3H3,(H,10,14)(H,11,13). The summed E-state index contributed by atoms with van der Waals surface area (Å²) in [6.45, 7) is 1.68. The van der Waals surface area contributed by atoms with Gasteiger partial charge >= 0.3 is 6.03 Å². The van der Waals surface area contributed by atoms with Crippen LogP contribution in [-0.2, 0) is 4.79 Å². The minimum absolute atomic E-state index is 0.109. The Kier molecular flexibility index (Phi) is 3.33. The number of rotatable bonds is 3. The van der Waals surface area contributed by atoms with Gasteiger partial charge in [-0.3, -0.25) is 4.79 Å². The van der Waals surface area contributed by atoms with E-state index in [1.807, 2.05) is 0 Å². The number of amides is 3. The van der Waals surface area contributed by atoms with Crippen LogP contribution in [0.15, 0.2) is 0 Å². The lowest BCUT2D eigenvalue weighted by Gasteiger charge is -2.17. The van der Waals surface area contributed by atoms with Gasteiger partial charge in [0.15, 0.2) is 0 Å². The van der Waals surface area contributed by atoms with Gasteiger partial charge in [-0.2, -0.15) is 0 Å². The smallest absolute Gasteiger partial charge is 0.317 e. The molecule has 1 atom stereocenters. The van der Waals surface area contributed by atoms with Crippen LogP contribution in [0.3, 0.4) is 0 Å². The first-order chi connectivity index (χ1) is 6.50. The topological polar surface area (TPSA) is 61.4 Å². The highest BCUT2D eigenvalue weighted by Crippen LogP contribution is 2.18. The van der Waals surface area contributed by atoms with Crippen LogP contribution in [-0.4, -0.2) is 43.0 Å². The first kappa shape index (κ1) is 10.8. The summed E-state index contributed by atoms with van der Waals surface area (Å²) in [6, 6.07) is -0.379. The summed E-state index contributed by atoms with van der Waals surface area (Å²) in [5, 5.41) is 5.41. The Balaban J connectivity index is 2.28. The van der Waals surface area contributed by atoms with Gasteiger partial charge in [0.05, 0.1) is 0 Å². The molecular weight excluding hydrogens is 182 g/mol. The monoisotopic (exact) mass is 199 g/mol. The van der Waals surface area contributed by atoms with Gasteiger partial charge in [-0.15, -0.1) is 0 Å². The molecule has 0 aromatic heterocycles. The molecule has 0 spiro atoms. The number of nitrogens with zero attached hydrogens (tertiary/aromatic N) is 1. The van der Waals surface area contributed by atoms with E-state index in [1.54, 1.807) is 21.0 Å². The van der Waals surface area contributed by atoms with E-state index in [1.165, 1.54) is 4.90 Å². The maximum Gasteiger partial charge on any atom is 0.317 e. The van der Waals surface area contributed by atoms with E-state index in [9.17, 15) is 9.59 Å². The van der Waals surface area contributed by atoms with Gasteiger partial charge < -0.3 is 15.5 Å². The quantitative estimate of drug-likeness (QED) is 0.668. The van der Waals surface area contributed by atoms with Crippen LogP contribution in [0.4, 0.5) is 4.79 Å². The largest absolute Gasteiger partial charge is 0.352 e.